The van der Waals surface area contributed by atoms with Crippen molar-refractivity contribution in [3.8, 4) is 0 Å². The Morgan fingerprint density at radius 1 is 0.850 bits per heavy atom. The zero-order valence-electron chi connectivity index (χ0n) is 12.5. The van der Waals surface area contributed by atoms with Crippen LogP contribution in [0.1, 0.15) is 71.1 Å². The minimum atomic E-state index is -1.31. The van der Waals surface area contributed by atoms with Gasteiger partial charge in [0.05, 0.1) is 0 Å². The van der Waals surface area contributed by atoms with Gasteiger partial charge in [-0.05, 0) is 19.3 Å². The van der Waals surface area contributed by atoms with Crippen LogP contribution in [0.3, 0.4) is 0 Å². The first-order valence-electron chi connectivity index (χ1n) is 7.70. The molecule has 4 nitrogen and oxygen atoms in total. The molecule has 0 radical (unpaired) electrons. The molecule has 0 spiro atoms. The summed E-state index contributed by atoms with van der Waals surface area (Å²) in [6.45, 7) is 2.21. The summed E-state index contributed by atoms with van der Waals surface area (Å²) in [5.74, 6) is -3.85. The molecule has 116 valence electrons. The lowest BCUT2D eigenvalue weighted by Gasteiger charge is -2.02. The van der Waals surface area contributed by atoms with E-state index in [1.807, 2.05) is 6.08 Å². The molecule has 0 atom stereocenters. The molecule has 0 saturated heterocycles. The van der Waals surface area contributed by atoms with Gasteiger partial charge in [0, 0.05) is 0 Å². The second-order valence-corrected chi connectivity index (χ2v) is 5.20. The topological polar surface area (TPSA) is 74.6 Å². The molecule has 20 heavy (non-hydrogen) atoms. The van der Waals surface area contributed by atoms with Crippen LogP contribution >= 0.6 is 0 Å². The standard InChI is InChI=1S/C16H28O4/c1-2-3-4-5-6-7-8-9-10-11-12-13-14(15(17)18)16(19)20/h11-12,14H,2-10,13H2,1H3,(H,17,18)(H,19,20)/b12-11-. The Morgan fingerprint density at radius 3 is 1.85 bits per heavy atom. The molecule has 0 aliphatic rings. The van der Waals surface area contributed by atoms with E-state index in [0.717, 1.165) is 12.8 Å². The monoisotopic (exact) mass is 284 g/mol. The van der Waals surface area contributed by atoms with Gasteiger partial charge in [-0.2, -0.15) is 0 Å². The maximum Gasteiger partial charge on any atom is 0.318 e. The first kappa shape index (κ1) is 18.7. The summed E-state index contributed by atoms with van der Waals surface area (Å²) in [6, 6.07) is 0. The Balaban J connectivity index is 3.48. The maximum absolute atomic E-state index is 10.6. The Labute approximate surface area is 121 Å². The van der Waals surface area contributed by atoms with Crippen molar-refractivity contribution >= 4 is 11.9 Å². The minimum Gasteiger partial charge on any atom is -0.481 e. The van der Waals surface area contributed by atoms with E-state index < -0.39 is 17.9 Å². The summed E-state index contributed by atoms with van der Waals surface area (Å²) in [6.07, 6.45) is 14.6. The quantitative estimate of drug-likeness (QED) is 0.301. The SMILES string of the molecule is CCCCCCCCCC/C=C\CC(C(=O)O)C(=O)O. The van der Waals surface area contributed by atoms with Crippen LogP contribution in [0.5, 0.6) is 0 Å². The molecule has 0 bridgehead atoms. The fourth-order valence-electron chi connectivity index (χ4n) is 2.05. The molecule has 0 amide bonds. The van der Waals surface area contributed by atoms with Gasteiger partial charge in [0.15, 0.2) is 5.92 Å². The highest BCUT2D eigenvalue weighted by Gasteiger charge is 2.23. The average Bonchev–Trinajstić information content (AvgIpc) is 2.39. The van der Waals surface area contributed by atoms with Gasteiger partial charge in [-0.25, -0.2) is 0 Å². The lowest BCUT2D eigenvalue weighted by molar-refractivity contribution is -0.154. The number of aliphatic carboxylic acids is 2. The van der Waals surface area contributed by atoms with Crippen molar-refractivity contribution in [3.63, 3.8) is 0 Å². The van der Waals surface area contributed by atoms with Crippen LogP contribution in [0.2, 0.25) is 0 Å². The lowest BCUT2D eigenvalue weighted by atomic mass is 10.0. The Morgan fingerprint density at radius 2 is 1.35 bits per heavy atom. The third-order valence-corrected chi connectivity index (χ3v) is 3.36. The first-order chi connectivity index (χ1) is 9.59. The van der Waals surface area contributed by atoms with Crippen LogP contribution < -0.4 is 0 Å². The van der Waals surface area contributed by atoms with Crippen molar-refractivity contribution in [2.75, 3.05) is 0 Å². The molecule has 0 aromatic carbocycles. The molecule has 0 aliphatic heterocycles. The van der Waals surface area contributed by atoms with E-state index in [0.29, 0.717) is 0 Å². The fourth-order valence-corrected chi connectivity index (χ4v) is 2.05. The minimum absolute atomic E-state index is 0.0711. The van der Waals surface area contributed by atoms with E-state index in [1.54, 1.807) is 6.08 Å². The number of allylic oxidation sites excluding steroid dienone is 2. The van der Waals surface area contributed by atoms with Gasteiger partial charge in [-0.3, -0.25) is 9.59 Å². The van der Waals surface area contributed by atoms with Crippen molar-refractivity contribution in [3.05, 3.63) is 12.2 Å². The third kappa shape index (κ3) is 10.6. The highest BCUT2D eigenvalue weighted by Crippen LogP contribution is 2.10. The van der Waals surface area contributed by atoms with E-state index in [9.17, 15) is 9.59 Å². The van der Waals surface area contributed by atoms with E-state index in [-0.39, 0.29) is 6.42 Å². The van der Waals surface area contributed by atoms with Gasteiger partial charge in [0.25, 0.3) is 0 Å². The number of rotatable bonds is 13. The van der Waals surface area contributed by atoms with Crippen molar-refractivity contribution in [2.45, 2.75) is 71.1 Å². The Bertz CT molecular complexity index is 283. The molecule has 0 aliphatic carbocycles. The predicted molar refractivity (Wildman–Crippen MR) is 79.7 cm³/mol. The highest BCUT2D eigenvalue weighted by molar-refractivity contribution is 5.92. The highest BCUT2D eigenvalue weighted by atomic mass is 16.4. The molecule has 4 heteroatoms. The smallest absolute Gasteiger partial charge is 0.318 e. The molecular weight excluding hydrogens is 256 g/mol. The Kier molecular flexibility index (Phi) is 11.9. The average molecular weight is 284 g/mol. The van der Waals surface area contributed by atoms with Crippen molar-refractivity contribution in [1.29, 1.82) is 0 Å². The predicted octanol–water partition coefficient (Wildman–Crippen LogP) is 4.25. The second kappa shape index (κ2) is 12.7. The summed E-state index contributed by atoms with van der Waals surface area (Å²) >= 11 is 0. The summed E-state index contributed by atoms with van der Waals surface area (Å²) in [5.41, 5.74) is 0. The number of unbranched alkanes of at least 4 members (excludes halogenated alkanes) is 8. The molecule has 0 fully saturated rings. The molecule has 0 saturated carbocycles. The number of carboxylic acid groups (broad SMARTS) is 2. The van der Waals surface area contributed by atoms with Gasteiger partial charge in [0.2, 0.25) is 0 Å². The van der Waals surface area contributed by atoms with Crippen LogP contribution in [0.15, 0.2) is 12.2 Å². The summed E-state index contributed by atoms with van der Waals surface area (Å²) in [4.78, 5) is 21.3. The van der Waals surface area contributed by atoms with Gasteiger partial charge in [-0.15, -0.1) is 0 Å². The van der Waals surface area contributed by atoms with E-state index in [2.05, 4.69) is 6.92 Å². The first-order valence-corrected chi connectivity index (χ1v) is 7.70. The van der Waals surface area contributed by atoms with Crippen molar-refractivity contribution < 1.29 is 19.8 Å². The van der Waals surface area contributed by atoms with Gasteiger partial charge in [-0.1, -0.05) is 64.0 Å². The number of carboxylic acids is 2. The molecular formula is C16H28O4. The van der Waals surface area contributed by atoms with Gasteiger partial charge in [0.1, 0.15) is 0 Å². The summed E-state index contributed by atoms with van der Waals surface area (Å²) in [7, 11) is 0. The van der Waals surface area contributed by atoms with Gasteiger partial charge >= 0.3 is 11.9 Å². The normalized spacial score (nSPS) is 11.3. The van der Waals surface area contributed by atoms with Crippen LogP contribution in [0, 0.1) is 5.92 Å². The van der Waals surface area contributed by atoms with Crippen LogP contribution in [0.25, 0.3) is 0 Å². The molecule has 0 rings (SSSR count). The van der Waals surface area contributed by atoms with Crippen molar-refractivity contribution in [2.24, 2.45) is 5.92 Å². The van der Waals surface area contributed by atoms with Crippen LogP contribution in [-0.4, -0.2) is 22.2 Å². The maximum atomic E-state index is 10.6. The molecule has 2 N–H and O–H groups in total. The van der Waals surface area contributed by atoms with Crippen LogP contribution in [0.4, 0.5) is 0 Å². The zero-order valence-corrected chi connectivity index (χ0v) is 12.5. The summed E-state index contributed by atoms with van der Waals surface area (Å²) < 4.78 is 0. The van der Waals surface area contributed by atoms with E-state index >= 15 is 0 Å². The number of hydrogen-bond acceptors (Lipinski definition) is 2. The van der Waals surface area contributed by atoms with Crippen molar-refractivity contribution in [1.82, 2.24) is 0 Å². The zero-order chi connectivity index (χ0) is 15.2. The number of carbonyl (C=O) groups is 2. The third-order valence-electron chi connectivity index (χ3n) is 3.36. The molecule has 0 aromatic heterocycles. The lowest BCUT2D eigenvalue weighted by Crippen LogP contribution is -2.22. The molecule has 0 aromatic rings. The van der Waals surface area contributed by atoms with Crippen LogP contribution in [-0.2, 0) is 9.59 Å². The molecule has 0 heterocycles. The Hall–Kier alpha value is -1.32. The number of hydrogen-bond donors (Lipinski definition) is 2. The van der Waals surface area contributed by atoms with E-state index in [1.165, 1.54) is 44.9 Å². The van der Waals surface area contributed by atoms with E-state index in [4.69, 9.17) is 10.2 Å². The van der Waals surface area contributed by atoms with Gasteiger partial charge < -0.3 is 10.2 Å². The largest absolute Gasteiger partial charge is 0.481 e. The fraction of sp³-hybridized carbons (Fsp3) is 0.750. The molecule has 0 unspecified atom stereocenters. The second-order valence-electron chi connectivity index (χ2n) is 5.20. The summed E-state index contributed by atoms with van der Waals surface area (Å²) in [5, 5.41) is 17.4.